The van der Waals surface area contributed by atoms with Gasteiger partial charge in [-0.25, -0.2) is 0 Å². The molecule has 1 aromatic rings. The van der Waals surface area contributed by atoms with E-state index in [4.69, 9.17) is 5.11 Å². The minimum atomic E-state index is 0.0100. The van der Waals surface area contributed by atoms with Crippen LogP contribution in [0, 0.1) is 18.8 Å². The molecule has 0 unspecified atom stereocenters. The molecule has 90 valence electrons. The number of rotatable bonds is 3. The van der Waals surface area contributed by atoms with Crippen LogP contribution in [0.1, 0.15) is 39.4 Å². The molecular formula is C13H15NO2S. The van der Waals surface area contributed by atoms with Crippen molar-refractivity contribution in [3.63, 3.8) is 0 Å². The fourth-order valence-electron chi connectivity index (χ4n) is 1.40. The van der Waals surface area contributed by atoms with E-state index >= 15 is 0 Å². The molecule has 0 spiro atoms. The highest BCUT2D eigenvalue weighted by molar-refractivity contribution is 7.14. The molecule has 4 heteroatoms. The maximum absolute atomic E-state index is 11.8. The van der Waals surface area contributed by atoms with Crippen LogP contribution in [0.15, 0.2) is 6.07 Å². The Morgan fingerprint density at radius 1 is 1.65 bits per heavy atom. The van der Waals surface area contributed by atoms with Crippen molar-refractivity contribution in [2.75, 3.05) is 6.61 Å². The molecule has 1 fully saturated rings. The molecule has 2 rings (SSSR count). The molecule has 2 N–H and O–H groups in total. The Morgan fingerprint density at radius 3 is 3.06 bits per heavy atom. The topological polar surface area (TPSA) is 49.3 Å². The second-order valence-electron chi connectivity index (χ2n) is 4.15. The Morgan fingerprint density at radius 2 is 2.41 bits per heavy atom. The molecule has 1 amide bonds. The molecule has 1 aromatic heterocycles. The molecule has 0 radical (unpaired) electrons. The average Bonchev–Trinajstić information content (AvgIpc) is 3.03. The molecule has 3 nitrogen and oxygen atoms in total. The first-order valence-corrected chi connectivity index (χ1v) is 6.53. The van der Waals surface area contributed by atoms with Crippen molar-refractivity contribution in [1.82, 2.24) is 5.32 Å². The summed E-state index contributed by atoms with van der Waals surface area (Å²) in [5.74, 6) is 5.87. The van der Waals surface area contributed by atoms with Crippen molar-refractivity contribution in [1.29, 1.82) is 0 Å². The summed E-state index contributed by atoms with van der Waals surface area (Å²) in [6, 6.07) is 2.26. The van der Waals surface area contributed by atoms with Crippen molar-refractivity contribution in [3.05, 3.63) is 21.4 Å². The summed E-state index contributed by atoms with van der Waals surface area (Å²) in [7, 11) is 0. The number of carbonyl (C=O) groups is 1. The molecule has 17 heavy (non-hydrogen) atoms. The van der Waals surface area contributed by atoms with Crippen LogP contribution in [0.2, 0.25) is 0 Å². The second-order valence-corrected chi connectivity index (χ2v) is 5.20. The first-order valence-electron chi connectivity index (χ1n) is 5.71. The van der Waals surface area contributed by atoms with E-state index in [2.05, 4.69) is 17.2 Å². The monoisotopic (exact) mass is 249 g/mol. The van der Waals surface area contributed by atoms with Gasteiger partial charge in [0, 0.05) is 12.5 Å². The van der Waals surface area contributed by atoms with E-state index in [-0.39, 0.29) is 12.5 Å². The average molecular weight is 249 g/mol. The van der Waals surface area contributed by atoms with Crippen molar-refractivity contribution in [2.24, 2.45) is 0 Å². The Bertz CT molecular complexity index is 477. The fourth-order valence-corrected chi connectivity index (χ4v) is 2.35. The van der Waals surface area contributed by atoms with Crippen LogP contribution in [-0.2, 0) is 0 Å². The fraction of sp³-hybridized carbons (Fsp3) is 0.462. The van der Waals surface area contributed by atoms with Crippen molar-refractivity contribution < 1.29 is 9.90 Å². The van der Waals surface area contributed by atoms with Gasteiger partial charge in [0.25, 0.3) is 5.91 Å². The molecule has 0 bridgehead atoms. The summed E-state index contributed by atoms with van der Waals surface area (Å²) in [5.41, 5.74) is 1.03. The highest BCUT2D eigenvalue weighted by Crippen LogP contribution is 2.23. The molecule has 0 atom stereocenters. The largest absolute Gasteiger partial charge is 0.395 e. The third kappa shape index (κ3) is 3.32. The Hall–Kier alpha value is -1.31. The smallest absolute Gasteiger partial charge is 0.261 e. The predicted molar refractivity (Wildman–Crippen MR) is 68.1 cm³/mol. The van der Waals surface area contributed by atoms with Gasteiger partial charge in [0.05, 0.1) is 16.4 Å². The molecule has 1 aliphatic carbocycles. The van der Waals surface area contributed by atoms with Crippen LogP contribution in [0.5, 0.6) is 0 Å². The SMILES string of the molecule is Cc1cc(C(=O)NC2CC2)sc1C#CCCO. The number of aliphatic hydroxyl groups excluding tert-OH is 1. The summed E-state index contributed by atoms with van der Waals surface area (Å²) in [4.78, 5) is 13.4. The van der Waals surface area contributed by atoms with Gasteiger partial charge in [-0.05, 0) is 31.4 Å². The number of aliphatic hydroxyl groups is 1. The minimum absolute atomic E-state index is 0.0100. The highest BCUT2D eigenvalue weighted by Gasteiger charge is 2.24. The van der Waals surface area contributed by atoms with Gasteiger partial charge in [-0.15, -0.1) is 11.3 Å². The Kier molecular flexibility index (Phi) is 3.82. The lowest BCUT2D eigenvalue weighted by Crippen LogP contribution is -2.24. The normalized spacial score (nSPS) is 14.0. The standard InChI is InChI=1S/C13H15NO2S/c1-9-8-12(13(16)14-10-5-6-10)17-11(9)4-2-3-7-15/h8,10,15H,3,5-7H2,1H3,(H,14,16). The van der Waals surface area contributed by atoms with Crippen LogP contribution in [0.4, 0.5) is 0 Å². The van der Waals surface area contributed by atoms with Crippen LogP contribution in [0.3, 0.4) is 0 Å². The first kappa shape index (κ1) is 12.2. The lowest BCUT2D eigenvalue weighted by atomic mass is 10.2. The zero-order valence-electron chi connectivity index (χ0n) is 9.75. The molecule has 1 aliphatic rings. The van der Waals surface area contributed by atoms with Crippen molar-refractivity contribution in [3.8, 4) is 11.8 Å². The Labute approximate surface area is 105 Å². The van der Waals surface area contributed by atoms with Gasteiger partial charge in [-0.1, -0.05) is 11.8 Å². The molecular weight excluding hydrogens is 234 g/mol. The number of hydrogen-bond donors (Lipinski definition) is 2. The number of hydrogen-bond acceptors (Lipinski definition) is 3. The summed E-state index contributed by atoms with van der Waals surface area (Å²) >= 11 is 1.42. The summed E-state index contributed by atoms with van der Waals surface area (Å²) in [6.45, 7) is 2.03. The van der Waals surface area contributed by atoms with Gasteiger partial charge in [0.15, 0.2) is 0 Å². The number of aryl methyl sites for hydroxylation is 1. The van der Waals surface area contributed by atoms with Gasteiger partial charge >= 0.3 is 0 Å². The highest BCUT2D eigenvalue weighted by atomic mass is 32.1. The summed E-state index contributed by atoms with van der Waals surface area (Å²) in [6.07, 6.45) is 2.67. The van der Waals surface area contributed by atoms with E-state index in [1.807, 2.05) is 13.0 Å². The molecule has 1 heterocycles. The van der Waals surface area contributed by atoms with E-state index in [9.17, 15) is 4.79 Å². The number of nitrogens with one attached hydrogen (secondary N) is 1. The van der Waals surface area contributed by atoms with E-state index in [1.54, 1.807) is 0 Å². The summed E-state index contributed by atoms with van der Waals surface area (Å²) < 4.78 is 0. The molecule has 0 aliphatic heterocycles. The lowest BCUT2D eigenvalue weighted by Gasteiger charge is -1.98. The van der Waals surface area contributed by atoms with E-state index in [0.717, 1.165) is 28.2 Å². The third-order valence-corrected chi connectivity index (χ3v) is 3.64. The third-order valence-electron chi connectivity index (χ3n) is 2.49. The van der Waals surface area contributed by atoms with Gasteiger partial charge in [0.1, 0.15) is 0 Å². The van der Waals surface area contributed by atoms with Crippen molar-refractivity contribution in [2.45, 2.75) is 32.2 Å². The van der Waals surface area contributed by atoms with Gasteiger partial charge in [-0.3, -0.25) is 4.79 Å². The zero-order chi connectivity index (χ0) is 12.3. The Balaban J connectivity index is 2.06. The quantitative estimate of drug-likeness (QED) is 0.801. The molecule has 1 saturated carbocycles. The van der Waals surface area contributed by atoms with Crippen LogP contribution < -0.4 is 5.32 Å². The van der Waals surface area contributed by atoms with Gasteiger partial charge in [-0.2, -0.15) is 0 Å². The second kappa shape index (κ2) is 5.35. The molecule has 0 aromatic carbocycles. The predicted octanol–water partition coefficient (Wildman–Crippen LogP) is 1.68. The van der Waals surface area contributed by atoms with E-state index in [1.165, 1.54) is 11.3 Å². The number of carbonyl (C=O) groups excluding carboxylic acids is 1. The molecule has 0 saturated heterocycles. The number of thiophene rings is 1. The zero-order valence-corrected chi connectivity index (χ0v) is 10.6. The van der Waals surface area contributed by atoms with Crippen LogP contribution in [0.25, 0.3) is 0 Å². The minimum Gasteiger partial charge on any atom is -0.395 e. The van der Waals surface area contributed by atoms with Crippen LogP contribution >= 0.6 is 11.3 Å². The van der Waals surface area contributed by atoms with Crippen LogP contribution in [-0.4, -0.2) is 23.7 Å². The number of amides is 1. The van der Waals surface area contributed by atoms with E-state index in [0.29, 0.717) is 12.5 Å². The van der Waals surface area contributed by atoms with Crippen molar-refractivity contribution >= 4 is 17.2 Å². The summed E-state index contributed by atoms with van der Waals surface area (Å²) in [5, 5.41) is 11.6. The van der Waals surface area contributed by atoms with E-state index < -0.39 is 0 Å². The lowest BCUT2D eigenvalue weighted by molar-refractivity contribution is 0.0955. The first-order chi connectivity index (χ1) is 8.20. The van der Waals surface area contributed by atoms with Gasteiger partial charge < -0.3 is 10.4 Å². The maximum Gasteiger partial charge on any atom is 0.261 e. The van der Waals surface area contributed by atoms with Gasteiger partial charge in [0.2, 0.25) is 0 Å². The maximum atomic E-state index is 11.8.